The number of para-hydroxylation sites is 2. The minimum Gasteiger partial charge on any atom is -0.382 e. The number of hydrogen-bond acceptors (Lipinski definition) is 6. The number of benzene rings is 3. The highest BCUT2D eigenvalue weighted by Gasteiger charge is 2.31. The molecule has 3 aromatic carbocycles. The summed E-state index contributed by atoms with van der Waals surface area (Å²) in [5.74, 6) is -0.480. The van der Waals surface area contributed by atoms with Gasteiger partial charge in [-0.15, -0.1) is 0 Å². The van der Waals surface area contributed by atoms with Crippen molar-refractivity contribution in [1.82, 2.24) is 14.6 Å². The molecule has 0 bridgehead atoms. The molecule has 0 atom stereocenters. The largest absolute Gasteiger partial charge is 0.382 e. The highest BCUT2D eigenvalue weighted by Crippen LogP contribution is 2.36. The van der Waals surface area contributed by atoms with E-state index in [0.717, 1.165) is 5.56 Å². The Morgan fingerprint density at radius 3 is 2.35 bits per heavy atom. The Morgan fingerprint density at radius 2 is 1.65 bits per heavy atom. The SMILES string of the molecule is Cc1ccc(C)c(S(=O)(=O)c2c(N)n(N=Cc3ccc(F)cc3)c3nc4ccccc4nc23)c1. The molecule has 5 aromatic rings. The number of hydrogen-bond donors (Lipinski definition) is 1. The molecule has 7 nitrogen and oxygen atoms in total. The van der Waals surface area contributed by atoms with Crippen molar-refractivity contribution in [3.05, 3.63) is 89.2 Å². The number of halogens is 1. The lowest BCUT2D eigenvalue weighted by Crippen LogP contribution is -2.08. The maximum absolute atomic E-state index is 13.8. The van der Waals surface area contributed by atoms with Crippen molar-refractivity contribution in [2.24, 2.45) is 5.10 Å². The van der Waals surface area contributed by atoms with Crippen LogP contribution in [-0.4, -0.2) is 29.3 Å². The normalized spacial score (nSPS) is 12.2. The number of fused-ring (bicyclic) bond motifs is 2. The maximum atomic E-state index is 13.8. The van der Waals surface area contributed by atoms with E-state index in [0.29, 0.717) is 22.2 Å². The van der Waals surface area contributed by atoms with E-state index in [1.165, 1.54) is 23.0 Å². The van der Waals surface area contributed by atoms with Gasteiger partial charge in [-0.2, -0.15) is 9.78 Å². The summed E-state index contributed by atoms with van der Waals surface area (Å²) in [6.45, 7) is 3.56. The molecule has 0 aliphatic carbocycles. The van der Waals surface area contributed by atoms with Gasteiger partial charge < -0.3 is 5.73 Å². The summed E-state index contributed by atoms with van der Waals surface area (Å²) < 4.78 is 42.2. The molecule has 0 radical (unpaired) electrons. The predicted octanol–water partition coefficient (Wildman–Crippen LogP) is 4.64. The molecule has 0 aliphatic rings. The van der Waals surface area contributed by atoms with E-state index in [4.69, 9.17) is 5.73 Å². The highest BCUT2D eigenvalue weighted by atomic mass is 32.2. The van der Waals surface area contributed by atoms with Crippen molar-refractivity contribution in [3.63, 3.8) is 0 Å². The first-order valence-electron chi connectivity index (χ1n) is 10.4. The first-order valence-corrected chi connectivity index (χ1v) is 11.9. The fourth-order valence-electron chi connectivity index (χ4n) is 3.78. The minimum atomic E-state index is -4.06. The standard InChI is InChI=1S/C25H20FN5O2S/c1-15-7-8-16(2)21(13-15)34(32,33)23-22-25(30-20-6-4-3-5-19(20)29-22)31(24(23)27)28-14-17-9-11-18(26)12-10-17/h3-14H,27H2,1-2H3. The van der Waals surface area contributed by atoms with Gasteiger partial charge >= 0.3 is 0 Å². The molecule has 0 aliphatic heterocycles. The Balaban J connectivity index is 1.81. The summed E-state index contributed by atoms with van der Waals surface area (Å²) >= 11 is 0. The monoisotopic (exact) mass is 473 g/mol. The van der Waals surface area contributed by atoms with Crippen molar-refractivity contribution in [2.75, 3.05) is 5.73 Å². The summed E-state index contributed by atoms with van der Waals surface area (Å²) in [7, 11) is -4.06. The Hall–Kier alpha value is -4.11. The van der Waals surface area contributed by atoms with E-state index in [1.807, 2.05) is 19.1 Å². The van der Waals surface area contributed by atoms with Gasteiger partial charge in [-0.3, -0.25) is 0 Å². The van der Waals surface area contributed by atoms with Gasteiger partial charge in [-0.25, -0.2) is 22.8 Å². The van der Waals surface area contributed by atoms with Gasteiger partial charge in [0.1, 0.15) is 22.0 Å². The van der Waals surface area contributed by atoms with Crippen molar-refractivity contribution in [2.45, 2.75) is 23.6 Å². The van der Waals surface area contributed by atoms with Crippen LogP contribution < -0.4 is 5.73 Å². The van der Waals surface area contributed by atoms with Gasteiger partial charge in [0.25, 0.3) is 0 Å². The van der Waals surface area contributed by atoms with Crippen molar-refractivity contribution in [3.8, 4) is 0 Å². The molecule has 170 valence electrons. The second-order valence-corrected chi connectivity index (χ2v) is 9.83. The second-order valence-electron chi connectivity index (χ2n) is 7.98. The molecule has 0 fully saturated rings. The highest BCUT2D eigenvalue weighted by molar-refractivity contribution is 7.92. The summed E-state index contributed by atoms with van der Waals surface area (Å²) in [5, 5.41) is 4.39. The smallest absolute Gasteiger partial charge is 0.212 e. The van der Waals surface area contributed by atoms with Gasteiger partial charge in [0.2, 0.25) is 9.84 Å². The van der Waals surface area contributed by atoms with E-state index in [-0.39, 0.29) is 32.6 Å². The number of anilines is 1. The topological polar surface area (TPSA) is 103 Å². The number of aromatic nitrogens is 3. The van der Waals surface area contributed by atoms with Crippen molar-refractivity contribution < 1.29 is 12.8 Å². The molecule has 2 aromatic heterocycles. The lowest BCUT2D eigenvalue weighted by Gasteiger charge is -2.09. The van der Waals surface area contributed by atoms with Crippen LogP contribution in [0.3, 0.4) is 0 Å². The van der Waals surface area contributed by atoms with E-state index < -0.39 is 9.84 Å². The number of rotatable bonds is 4. The van der Waals surface area contributed by atoms with E-state index in [2.05, 4.69) is 15.1 Å². The lowest BCUT2D eigenvalue weighted by atomic mass is 10.2. The van der Waals surface area contributed by atoms with E-state index >= 15 is 0 Å². The zero-order valence-corrected chi connectivity index (χ0v) is 19.2. The first kappa shape index (κ1) is 21.7. The zero-order valence-electron chi connectivity index (χ0n) is 18.4. The molecule has 0 amide bonds. The van der Waals surface area contributed by atoms with Crippen LogP contribution in [0.4, 0.5) is 10.2 Å². The molecular weight excluding hydrogens is 453 g/mol. The Bertz CT molecular complexity index is 1710. The van der Waals surface area contributed by atoms with Crippen LogP contribution in [0.2, 0.25) is 0 Å². The number of sulfone groups is 1. The summed E-state index contributed by atoms with van der Waals surface area (Å²) in [4.78, 5) is 9.22. The molecule has 0 unspecified atom stereocenters. The van der Waals surface area contributed by atoms with Gasteiger partial charge in [-0.05, 0) is 60.9 Å². The van der Waals surface area contributed by atoms with Gasteiger partial charge in [0.15, 0.2) is 5.65 Å². The third kappa shape index (κ3) is 3.60. The molecule has 0 saturated heterocycles. The van der Waals surface area contributed by atoms with Crippen LogP contribution in [0.15, 0.2) is 81.6 Å². The van der Waals surface area contributed by atoms with Crippen molar-refractivity contribution >= 4 is 44.1 Å². The van der Waals surface area contributed by atoms with Crippen LogP contribution in [0.5, 0.6) is 0 Å². The molecule has 5 rings (SSSR count). The maximum Gasteiger partial charge on any atom is 0.212 e. The van der Waals surface area contributed by atoms with Crippen LogP contribution in [-0.2, 0) is 9.84 Å². The molecule has 2 heterocycles. The van der Waals surface area contributed by atoms with E-state index in [9.17, 15) is 12.8 Å². The third-order valence-electron chi connectivity index (χ3n) is 5.52. The van der Waals surface area contributed by atoms with Gasteiger partial charge in [0.05, 0.1) is 22.1 Å². The fraction of sp³-hybridized carbons (Fsp3) is 0.0800. The zero-order chi connectivity index (χ0) is 24.0. The molecule has 0 saturated carbocycles. The lowest BCUT2D eigenvalue weighted by molar-refractivity contribution is 0.596. The number of nitrogens with two attached hydrogens (primary N) is 1. The fourth-order valence-corrected chi connectivity index (χ4v) is 5.59. The molecule has 34 heavy (non-hydrogen) atoms. The summed E-state index contributed by atoms with van der Waals surface area (Å²) in [6.07, 6.45) is 1.46. The Labute approximate surface area is 195 Å². The summed E-state index contributed by atoms with van der Waals surface area (Å²) in [6, 6.07) is 18.1. The molecule has 0 spiro atoms. The second kappa shape index (κ2) is 8.03. The summed E-state index contributed by atoms with van der Waals surface area (Å²) in [5.41, 5.74) is 9.86. The average molecular weight is 474 g/mol. The predicted molar refractivity (Wildman–Crippen MR) is 130 cm³/mol. The minimum absolute atomic E-state index is 0.107. The van der Waals surface area contributed by atoms with E-state index in [1.54, 1.807) is 49.4 Å². The van der Waals surface area contributed by atoms with Crippen LogP contribution in [0.1, 0.15) is 16.7 Å². The van der Waals surface area contributed by atoms with Crippen LogP contribution >= 0.6 is 0 Å². The van der Waals surface area contributed by atoms with Gasteiger partial charge in [-0.1, -0.05) is 36.4 Å². The molecular formula is C25H20FN5O2S. The average Bonchev–Trinajstić information content (AvgIpc) is 3.09. The third-order valence-corrected chi connectivity index (χ3v) is 7.48. The van der Waals surface area contributed by atoms with Crippen molar-refractivity contribution in [1.29, 1.82) is 0 Å². The van der Waals surface area contributed by atoms with Gasteiger partial charge in [0, 0.05) is 0 Å². The quantitative estimate of drug-likeness (QED) is 0.383. The Morgan fingerprint density at radius 1 is 0.971 bits per heavy atom. The van der Waals surface area contributed by atoms with Crippen LogP contribution in [0, 0.1) is 19.7 Å². The number of nitrogen functional groups attached to an aromatic ring is 1. The first-order chi connectivity index (χ1) is 16.3. The van der Waals surface area contributed by atoms with Crippen LogP contribution in [0.25, 0.3) is 22.2 Å². The number of nitrogens with zero attached hydrogens (tertiary/aromatic N) is 4. The number of aryl methyl sites for hydroxylation is 2. The molecule has 2 N–H and O–H groups in total. The molecule has 9 heteroatoms. The Kier molecular flexibility index (Phi) is 5.13.